The van der Waals surface area contributed by atoms with Crippen LogP contribution in [-0.4, -0.2) is 10.1 Å². The van der Waals surface area contributed by atoms with E-state index in [0.29, 0.717) is 29.0 Å². The normalized spacial score (nSPS) is 11.3. The molecule has 4 rings (SSSR count). The van der Waals surface area contributed by atoms with Gasteiger partial charge in [-0.05, 0) is 43.0 Å². The van der Waals surface area contributed by atoms with Gasteiger partial charge >= 0.3 is 5.63 Å². The first-order valence-corrected chi connectivity index (χ1v) is 9.52. The molecular weight excluding hydrogens is 368 g/mol. The van der Waals surface area contributed by atoms with Gasteiger partial charge in [-0.25, -0.2) is 4.79 Å². The van der Waals surface area contributed by atoms with Gasteiger partial charge in [0, 0.05) is 22.6 Å². The van der Waals surface area contributed by atoms with Gasteiger partial charge in [0.25, 0.3) is 5.89 Å². The van der Waals surface area contributed by atoms with Crippen LogP contribution in [0.25, 0.3) is 22.4 Å². The van der Waals surface area contributed by atoms with Crippen LogP contribution in [-0.2, 0) is 6.61 Å². The molecule has 0 amide bonds. The minimum Gasteiger partial charge on any atom is -0.483 e. The standard InChI is InChI=1S/C23H22N2O4/c1-13(2)16-5-7-17(8-6-16)23-24-20(29-25-23)12-27-19-10-9-18-14(3)11-21(26)28-22(18)15(19)4/h5-11,13H,12H2,1-4H3. The summed E-state index contributed by atoms with van der Waals surface area (Å²) < 4.78 is 16.5. The number of rotatable bonds is 5. The Labute approximate surface area is 168 Å². The molecule has 0 N–H and O–H groups in total. The summed E-state index contributed by atoms with van der Waals surface area (Å²) in [5.74, 6) is 1.97. The van der Waals surface area contributed by atoms with Crippen molar-refractivity contribution in [3.63, 3.8) is 0 Å². The molecular formula is C23H22N2O4. The molecule has 2 heterocycles. The molecule has 6 nitrogen and oxygen atoms in total. The maximum Gasteiger partial charge on any atom is 0.336 e. The van der Waals surface area contributed by atoms with Crippen molar-refractivity contribution < 1.29 is 13.7 Å². The van der Waals surface area contributed by atoms with Crippen molar-refractivity contribution >= 4 is 11.0 Å². The lowest BCUT2D eigenvalue weighted by molar-refractivity contribution is 0.241. The molecule has 0 unspecified atom stereocenters. The maximum absolute atomic E-state index is 11.7. The fraction of sp³-hybridized carbons (Fsp3) is 0.261. The lowest BCUT2D eigenvalue weighted by atomic mass is 10.0. The lowest BCUT2D eigenvalue weighted by Gasteiger charge is -2.09. The Hall–Kier alpha value is -3.41. The first-order chi connectivity index (χ1) is 13.9. The van der Waals surface area contributed by atoms with E-state index >= 15 is 0 Å². The molecule has 0 fully saturated rings. The van der Waals surface area contributed by atoms with Gasteiger partial charge in [0.1, 0.15) is 11.3 Å². The zero-order chi connectivity index (χ0) is 20.5. The van der Waals surface area contributed by atoms with E-state index in [-0.39, 0.29) is 12.2 Å². The number of aromatic nitrogens is 2. The van der Waals surface area contributed by atoms with Crippen LogP contribution in [0.2, 0.25) is 0 Å². The van der Waals surface area contributed by atoms with Gasteiger partial charge in [0.05, 0.1) is 0 Å². The first kappa shape index (κ1) is 18.9. The third-order valence-corrected chi connectivity index (χ3v) is 4.97. The minimum absolute atomic E-state index is 0.124. The summed E-state index contributed by atoms with van der Waals surface area (Å²) in [6, 6.07) is 13.3. The Bertz CT molecular complexity index is 1220. The Morgan fingerprint density at radius 2 is 1.83 bits per heavy atom. The SMILES string of the molecule is Cc1cc(=O)oc2c(C)c(OCc3nc(-c4ccc(C(C)C)cc4)no3)ccc12. The minimum atomic E-state index is -0.375. The number of aryl methyl sites for hydroxylation is 2. The number of fused-ring (bicyclic) bond motifs is 1. The predicted octanol–water partition coefficient (Wildman–Crippen LogP) is 5.16. The summed E-state index contributed by atoms with van der Waals surface area (Å²) in [7, 11) is 0. The van der Waals surface area contributed by atoms with Crippen molar-refractivity contribution in [3.8, 4) is 17.1 Å². The summed E-state index contributed by atoms with van der Waals surface area (Å²) in [5, 5.41) is 4.93. The predicted molar refractivity (Wildman–Crippen MR) is 110 cm³/mol. The summed E-state index contributed by atoms with van der Waals surface area (Å²) in [4.78, 5) is 16.1. The van der Waals surface area contributed by atoms with Crippen LogP contribution in [0.4, 0.5) is 0 Å². The van der Waals surface area contributed by atoms with Crippen LogP contribution in [0.5, 0.6) is 5.75 Å². The average molecular weight is 390 g/mol. The summed E-state index contributed by atoms with van der Waals surface area (Å²) in [6.45, 7) is 8.17. The topological polar surface area (TPSA) is 78.4 Å². The molecule has 6 heteroatoms. The maximum atomic E-state index is 11.7. The van der Waals surface area contributed by atoms with E-state index < -0.39 is 0 Å². The Morgan fingerprint density at radius 1 is 1.07 bits per heavy atom. The van der Waals surface area contributed by atoms with E-state index in [1.54, 1.807) is 0 Å². The third kappa shape index (κ3) is 3.78. The van der Waals surface area contributed by atoms with Gasteiger partial charge in [-0.3, -0.25) is 0 Å². The molecule has 2 aromatic carbocycles. The van der Waals surface area contributed by atoms with Crippen molar-refractivity contribution in [1.82, 2.24) is 10.1 Å². The van der Waals surface area contributed by atoms with Gasteiger partial charge < -0.3 is 13.7 Å². The van der Waals surface area contributed by atoms with Crippen molar-refractivity contribution in [2.24, 2.45) is 0 Å². The Kier molecular flexibility index (Phi) is 4.92. The number of ether oxygens (including phenoxy) is 1. The van der Waals surface area contributed by atoms with Crippen LogP contribution >= 0.6 is 0 Å². The highest BCUT2D eigenvalue weighted by atomic mass is 16.5. The highest BCUT2D eigenvalue weighted by Crippen LogP contribution is 2.29. The molecule has 4 aromatic rings. The van der Waals surface area contributed by atoms with Gasteiger partial charge in [-0.15, -0.1) is 0 Å². The van der Waals surface area contributed by atoms with Gasteiger partial charge in [0.2, 0.25) is 5.82 Å². The monoisotopic (exact) mass is 390 g/mol. The van der Waals surface area contributed by atoms with E-state index in [2.05, 4.69) is 36.1 Å². The van der Waals surface area contributed by atoms with Crippen LogP contribution in [0, 0.1) is 13.8 Å². The second-order valence-electron chi connectivity index (χ2n) is 7.39. The van der Waals surface area contributed by atoms with E-state index in [1.807, 2.05) is 38.1 Å². The molecule has 0 aliphatic carbocycles. The smallest absolute Gasteiger partial charge is 0.336 e. The lowest BCUT2D eigenvalue weighted by Crippen LogP contribution is -2.01. The van der Waals surface area contributed by atoms with Crippen molar-refractivity contribution in [3.05, 3.63) is 75.5 Å². The van der Waals surface area contributed by atoms with Crippen LogP contribution in [0.3, 0.4) is 0 Å². The number of hydrogen-bond donors (Lipinski definition) is 0. The number of benzene rings is 2. The molecule has 29 heavy (non-hydrogen) atoms. The molecule has 0 aliphatic heterocycles. The largest absolute Gasteiger partial charge is 0.483 e. The highest BCUT2D eigenvalue weighted by molar-refractivity contribution is 5.84. The fourth-order valence-electron chi connectivity index (χ4n) is 3.24. The fourth-order valence-corrected chi connectivity index (χ4v) is 3.24. The first-order valence-electron chi connectivity index (χ1n) is 9.52. The van der Waals surface area contributed by atoms with Crippen molar-refractivity contribution in [2.75, 3.05) is 0 Å². The third-order valence-electron chi connectivity index (χ3n) is 4.97. The molecule has 0 radical (unpaired) electrons. The van der Waals surface area contributed by atoms with E-state index in [0.717, 1.165) is 22.1 Å². The van der Waals surface area contributed by atoms with Crippen LogP contribution in [0.1, 0.15) is 42.3 Å². The Morgan fingerprint density at radius 3 is 2.55 bits per heavy atom. The molecule has 148 valence electrons. The van der Waals surface area contributed by atoms with Crippen LogP contribution < -0.4 is 10.4 Å². The Balaban J connectivity index is 1.53. The zero-order valence-electron chi connectivity index (χ0n) is 16.9. The second-order valence-corrected chi connectivity index (χ2v) is 7.39. The molecule has 0 spiro atoms. The average Bonchev–Trinajstić information content (AvgIpc) is 3.17. The second kappa shape index (κ2) is 7.54. The quantitative estimate of drug-likeness (QED) is 0.438. The molecule has 0 aliphatic rings. The summed E-state index contributed by atoms with van der Waals surface area (Å²) in [5.41, 5.74) is 3.94. The van der Waals surface area contributed by atoms with Crippen molar-refractivity contribution in [2.45, 2.75) is 40.2 Å². The van der Waals surface area contributed by atoms with Gasteiger partial charge in [-0.2, -0.15) is 4.98 Å². The molecule has 0 saturated heterocycles. The molecule has 0 saturated carbocycles. The highest BCUT2D eigenvalue weighted by Gasteiger charge is 2.13. The van der Waals surface area contributed by atoms with E-state index in [4.69, 9.17) is 13.7 Å². The summed E-state index contributed by atoms with van der Waals surface area (Å²) in [6.07, 6.45) is 0. The van der Waals surface area contributed by atoms with E-state index in [1.165, 1.54) is 11.6 Å². The summed E-state index contributed by atoms with van der Waals surface area (Å²) >= 11 is 0. The zero-order valence-corrected chi connectivity index (χ0v) is 16.9. The van der Waals surface area contributed by atoms with E-state index in [9.17, 15) is 4.79 Å². The number of hydrogen-bond acceptors (Lipinski definition) is 6. The van der Waals surface area contributed by atoms with Crippen LogP contribution in [0.15, 0.2) is 56.2 Å². The number of nitrogens with zero attached hydrogens (tertiary/aromatic N) is 2. The molecule has 0 atom stereocenters. The van der Waals surface area contributed by atoms with Crippen molar-refractivity contribution in [1.29, 1.82) is 0 Å². The molecule has 2 aromatic heterocycles. The molecule has 0 bridgehead atoms. The van der Waals surface area contributed by atoms with Gasteiger partial charge in [0.15, 0.2) is 6.61 Å². The van der Waals surface area contributed by atoms with Gasteiger partial charge in [-0.1, -0.05) is 43.3 Å².